The van der Waals surface area contributed by atoms with E-state index in [0.29, 0.717) is 12.2 Å². The van der Waals surface area contributed by atoms with Crippen LogP contribution in [-0.4, -0.2) is 25.4 Å². The average Bonchev–Trinajstić information content (AvgIpc) is 3.05. The summed E-state index contributed by atoms with van der Waals surface area (Å²) in [5.74, 6) is 1.56. The van der Waals surface area contributed by atoms with Crippen molar-refractivity contribution in [3.8, 4) is 0 Å². The fourth-order valence-electron chi connectivity index (χ4n) is 2.06. The van der Waals surface area contributed by atoms with Crippen LogP contribution in [0.15, 0.2) is 0 Å². The first-order chi connectivity index (χ1) is 6.90. The molecule has 14 heavy (non-hydrogen) atoms. The fraction of sp³-hybridized carbons (Fsp3) is 1.00. The number of ether oxygens (including phenoxy) is 2. The van der Waals surface area contributed by atoms with E-state index in [9.17, 15) is 0 Å². The SMILES string of the molecule is CCCCOC1C2C(OCCCC)C12. The summed E-state index contributed by atoms with van der Waals surface area (Å²) in [6, 6.07) is 0. The zero-order valence-electron chi connectivity index (χ0n) is 9.37. The Morgan fingerprint density at radius 3 is 1.57 bits per heavy atom. The van der Waals surface area contributed by atoms with Crippen LogP contribution in [0.2, 0.25) is 0 Å². The van der Waals surface area contributed by atoms with Gasteiger partial charge in [-0.1, -0.05) is 26.7 Å². The summed E-state index contributed by atoms with van der Waals surface area (Å²) in [5.41, 5.74) is 0. The zero-order valence-corrected chi connectivity index (χ0v) is 9.37. The molecule has 0 radical (unpaired) electrons. The maximum Gasteiger partial charge on any atom is 0.0690 e. The van der Waals surface area contributed by atoms with E-state index in [1.807, 2.05) is 0 Å². The summed E-state index contributed by atoms with van der Waals surface area (Å²) < 4.78 is 11.4. The van der Waals surface area contributed by atoms with E-state index in [1.165, 1.54) is 25.7 Å². The smallest absolute Gasteiger partial charge is 0.0690 e. The Bertz CT molecular complexity index is 153. The van der Waals surface area contributed by atoms with Gasteiger partial charge in [-0.2, -0.15) is 0 Å². The van der Waals surface area contributed by atoms with Gasteiger partial charge >= 0.3 is 0 Å². The average molecular weight is 198 g/mol. The fourth-order valence-corrected chi connectivity index (χ4v) is 2.06. The second-order valence-corrected chi connectivity index (χ2v) is 4.53. The number of fused-ring (bicyclic) bond motifs is 1. The van der Waals surface area contributed by atoms with Crippen molar-refractivity contribution in [1.82, 2.24) is 0 Å². The molecule has 0 aromatic carbocycles. The van der Waals surface area contributed by atoms with E-state index in [-0.39, 0.29) is 0 Å². The van der Waals surface area contributed by atoms with E-state index >= 15 is 0 Å². The molecule has 0 aromatic heterocycles. The first kappa shape index (κ1) is 10.4. The van der Waals surface area contributed by atoms with Gasteiger partial charge in [-0.05, 0) is 12.8 Å². The van der Waals surface area contributed by atoms with Crippen molar-refractivity contribution in [3.63, 3.8) is 0 Å². The van der Waals surface area contributed by atoms with E-state index in [2.05, 4.69) is 13.8 Å². The molecule has 2 fully saturated rings. The Hall–Kier alpha value is -0.0800. The predicted octanol–water partition coefficient (Wildman–Crippen LogP) is 2.62. The van der Waals surface area contributed by atoms with Gasteiger partial charge in [0.1, 0.15) is 0 Å². The normalized spacial score (nSPS) is 38.1. The summed E-state index contributed by atoms with van der Waals surface area (Å²) in [5, 5.41) is 0. The van der Waals surface area contributed by atoms with Gasteiger partial charge in [-0.25, -0.2) is 0 Å². The summed E-state index contributed by atoms with van der Waals surface area (Å²) in [4.78, 5) is 0. The molecule has 2 aliphatic rings. The van der Waals surface area contributed by atoms with Gasteiger partial charge < -0.3 is 9.47 Å². The Balaban J connectivity index is 1.44. The van der Waals surface area contributed by atoms with Crippen LogP contribution in [0.25, 0.3) is 0 Å². The monoisotopic (exact) mass is 198 g/mol. The van der Waals surface area contributed by atoms with Gasteiger partial charge in [0, 0.05) is 25.0 Å². The Morgan fingerprint density at radius 1 is 0.786 bits per heavy atom. The van der Waals surface area contributed by atoms with Gasteiger partial charge in [-0.3, -0.25) is 0 Å². The summed E-state index contributed by atoms with van der Waals surface area (Å²) >= 11 is 0. The van der Waals surface area contributed by atoms with E-state index < -0.39 is 0 Å². The minimum Gasteiger partial charge on any atom is -0.377 e. The molecular formula is C12H22O2. The Labute approximate surface area is 87.0 Å². The highest BCUT2D eigenvalue weighted by Crippen LogP contribution is 2.65. The zero-order chi connectivity index (χ0) is 9.97. The van der Waals surface area contributed by atoms with Crippen molar-refractivity contribution < 1.29 is 9.47 Å². The Kier molecular flexibility index (Phi) is 3.45. The number of hydrogen-bond donors (Lipinski definition) is 0. The van der Waals surface area contributed by atoms with Crippen molar-refractivity contribution in [1.29, 1.82) is 0 Å². The van der Waals surface area contributed by atoms with E-state index in [0.717, 1.165) is 25.0 Å². The van der Waals surface area contributed by atoms with Crippen LogP contribution >= 0.6 is 0 Å². The highest BCUT2D eigenvalue weighted by molar-refractivity contribution is 5.23. The van der Waals surface area contributed by atoms with Crippen molar-refractivity contribution in [3.05, 3.63) is 0 Å². The third kappa shape index (κ3) is 2.12. The molecule has 0 atom stereocenters. The maximum absolute atomic E-state index is 5.71. The van der Waals surface area contributed by atoms with Gasteiger partial charge in [0.2, 0.25) is 0 Å². The summed E-state index contributed by atoms with van der Waals surface area (Å²) in [6.45, 7) is 6.31. The first-order valence-corrected chi connectivity index (χ1v) is 6.13. The van der Waals surface area contributed by atoms with Crippen LogP contribution in [0.4, 0.5) is 0 Å². The molecule has 0 amide bonds. The van der Waals surface area contributed by atoms with Gasteiger partial charge in [0.25, 0.3) is 0 Å². The van der Waals surface area contributed by atoms with Crippen molar-refractivity contribution >= 4 is 0 Å². The van der Waals surface area contributed by atoms with Crippen LogP contribution in [0, 0.1) is 11.8 Å². The van der Waals surface area contributed by atoms with Gasteiger partial charge in [0.15, 0.2) is 0 Å². The molecule has 0 unspecified atom stereocenters. The molecule has 2 aliphatic carbocycles. The number of rotatable bonds is 8. The second kappa shape index (κ2) is 4.63. The predicted molar refractivity (Wildman–Crippen MR) is 56.3 cm³/mol. The van der Waals surface area contributed by atoms with Crippen LogP contribution in [-0.2, 0) is 9.47 Å². The summed E-state index contributed by atoms with van der Waals surface area (Å²) in [6.07, 6.45) is 6.03. The van der Waals surface area contributed by atoms with Gasteiger partial charge in [0.05, 0.1) is 12.2 Å². The van der Waals surface area contributed by atoms with E-state index in [1.54, 1.807) is 0 Å². The summed E-state index contributed by atoms with van der Waals surface area (Å²) in [7, 11) is 0. The lowest BCUT2D eigenvalue weighted by Crippen LogP contribution is -2.18. The number of unbranched alkanes of at least 4 members (excludes halogenated alkanes) is 2. The van der Waals surface area contributed by atoms with E-state index in [4.69, 9.17) is 9.47 Å². The van der Waals surface area contributed by atoms with Crippen LogP contribution in [0.5, 0.6) is 0 Å². The van der Waals surface area contributed by atoms with Crippen LogP contribution < -0.4 is 0 Å². The highest BCUT2D eigenvalue weighted by atomic mass is 16.5. The van der Waals surface area contributed by atoms with Crippen molar-refractivity contribution in [2.45, 2.75) is 51.7 Å². The molecule has 2 rings (SSSR count). The maximum atomic E-state index is 5.71. The lowest BCUT2D eigenvalue weighted by atomic mass is 10.3. The molecule has 2 heteroatoms. The molecule has 0 aromatic rings. The molecule has 0 bridgehead atoms. The molecule has 0 saturated heterocycles. The topological polar surface area (TPSA) is 18.5 Å². The third-order valence-corrected chi connectivity index (χ3v) is 3.30. The minimum absolute atomic E-state index is 0.577. The highest BCUT2D eigenvalue weighted by Gasteiger charge is 2.75. The quantitative estimate of drug-likeness (QED) is 0.558. The molecule has 0 heterocycles. The molecule has 0 aliphatic heterocycles. The number of hydrogen-bond acceptors (Lipinski definition) is 2. The largest absolute Gasteiger partial charge is 0.377 e. The van der Waals surface area contributed by atoms with Gasteiger partial charge in [-0.15, -0.1) is 0 Å². The molecule has 0 N–H and O–H groups in total. The van der Waals surface area contributed by atoms with Crippen molar-refractivity contribution in [2.75, 3.05) is 13.2 Å². The standard InChI is InChI=1S/C12H22O2/c1-3-5-7-13-11-9-10(11)12(9)14-8-6-4-2/h9-12H,3-8H2,1-2H3. The first-order valence-electron chi connectivity index (χ1n) is 6.13. The molecule has 2 nitrogen and oxygen atoms in total. The molecule has 0 spiro atoms. The minimum atomic E-state index is 0.577. The van der Waals surface area contributed by atoms with Crippen LogP contribution in [0.3, 0.4) is 0 Å². The molecular weight excluding hydrogens is 176 g/mol. The third-order valence-electron chi connectivity index (χ3n) is 3.30. The molecule has 2 saturated carbocycles. The Morgan fingerprint density at radius 2 is 1.21 bits per heavy atom. The van der Waals surface area contributed by atoms with Crippen molar-refractivity contribution in [2.24, 2.45) is 11.8 Å². The lowest BCUT2D eigenvalue weighted by molar-refractivity contribution is 0.00314. The second-order valence-electron chi connectivity index (χ2n) is 4.53. The lowest BCUT2D eigenvalue weighted by Gasteiger charge is -2.13. The molecule has 82 valence electrons. The van der Waals surface area contributed by atoms with Crippen LogP contribution in [0.1, 0.15) is 39.5 Å².